The molecule has 0 aliphatic heterocycles. The summed E-state index contributed by atoms with van der Waals surface area (Å²) >= 11 is 0. The van der Waals surface area contributed by atoms with Crippen LogP contribution in [-0.2, 0) is 0 Å². The van der Waals surface area contributed by atoms with Gasteiger partial charge >= 0.3 is 0 Å². The molecule has 0 fully saturated rings. The van der Waals surface area contributed by atoms with E-state index in [1.807, 2.05) is 43.3 Å². The highest BCUT2D eigenvalue weighted by molar-refractivity contribution is 6.49. The molecule has 0 aliphatic carbocycles. The quantitative estimate of drug-likeness (QED) is 0.612. The molecular weight excluding hydrogens is 242 g/mol. The van der Waals surface area contributed by atoms with Gasteiger partial charge in [0.25, 0.3) is 9.04 Å². The standard InChI is InChI=1S/C14H16NO2Si/c1-11(13-9-6-10-16-13)15-12-7-4-5-8-14(12)17-18(2)3/h4-10H,1-3H3. The number of hydrogen-bond acceptors (Lipinski definition) is 3. The molecule has 0 unspecified atom stereocenters. The summed E-state index contributed by atoms with van der Waals surface area (Å²) in [6, 6.07) is 11.6. The molecule has 2 rings (SSSR count). The van der Waals surface area contributed by atoms with Crippen molar-refractivity contribution in [2.75, 3.05) is 0 Å². The highest BCUT2D eigenvalue weighted by Gasteiger charge is 2.07. The van der Waals surface area contributed by atoms with Gasteiger partial charge in [0.15, 0.2) is 0 Å². The van der Waals surface area contributed by atoms with Gasteiger partial charge in [-0.05, 0) is 44.3 Å². The Balaban J connectivity index is 2.31. The van der Waals surface area contributed by atoms with Gasteiger partial charge in [0.05, 0.1) is 12.0 Å². The van der Waals surface area contributed by atoms with E-state index in [1.54, 1.807) is 6.26 Å². The number of furan rings is 1. The highest BCUT2D eigenvalue weighted by atomic mass is 28.3. The largest absolute Gasteiger partial charge is 0.541 e. The van der Waals surface area contributed by atoms with Crippen LogP contribution in [0.15, 0.2) is 52.1 Å². The third kappa shape index (κ3) is 3.11. The van der Waals surface area contributed by atoms with Crippen molar-refractivity contribution >= 4 is 20.4 Å². The number of rotatable bonds is 4. The lowest BCUT2D eigenvalue weighted by atomic mass is 10.2. The summed E-state index contributed by atoms with van der Waals surface area (Å²) in [5, 5.41) is 0. The Morgan fingerprint density at radius 2 is 1.94 bits per heavy atom. The Labute approximate surface area is 109 Å². The van der Waals surface area contributed by atoms with Crippen LogP contribution in [0.25, 0.3) is 0 Å². The molecule has 1 radical (unpaired) electrons. The number of para-hydroxylation sites is 2. The topological polar surface area (TPSA) is 34.7 Å². The molecule has 0 amide bonds. The summed E-state index contributed by atoms with van der Waals surface area (Å²) in [6.07, 6.45) is 1.65. The molecular formula is C14H16NO2Si. The molecule has 18 heavy (non-hydrogen) atoms. The summed E-state index contributed by atoms with van der Waals surface area (Å²) in [5.74, 6) is 1.62. The molecule has 0 N–H and O–H groups in total. The first kappa shape index (κ1) is 12.6. The maximum absolute atomic E-state index is 5.83. The summed E-state index contributed by atoms with van der Waals surface area (Å²) in [5.41, 5.74) is 1.69. The Morgan fingerprint density at radius 1 is 1.17 bits per heavy atom. The van der Waals surface area contributed by atoms with Crippen molar-refractivity contribution in [1.29, 1.82) is 0 Å². The average molecular weight is 258 g/mol. The van der Waals surface area contributed by atoms with Crippen LogP contribution in [0.5, 0.6) is 5.75 Å². The van der Waals surface area contributed by atoms with Gasteiger partial charge in [0.1, 0.15) is 17.2 Å². The predicted octanol–water partition coefficient (Wildman–Crippen LogP) is 4.05. The van der Waals surface area contributed by atoms with Crippen LogP contribution >= 0.6 is 0 Å². The predicted molar refractivity (Wildman–Crippen MR) is 75.1 cm³/mol. The van der Waals surface area contributed by atoms with Crippen molar-refractivity contribution in [2.45, 2.75) is 20.0 Å². The van der Waals surface area contributed by atoms with Gasteiger partial charge in [-0.2, -0.15) is 0 Å². The first-order chi connectivity index (χ1) is 8.66. The zero-order chi connectivity index (χ0) is 13.0. The van der Waals surface area contributed by atoms with Crippen molar-refractivity contribution in [3.63, 3.8) is 0 Å². The van der Waals surface area contributed by atoms with Crippen LogP contribution in [0.3, 0.4) is 0 Å². The second-order valence-corrected chi connectivity index (χ2v) is 6.17. The minimum atomic E-state index is -0.790. The zero-order valence-corrected chi connectivity index (χ0v) is 11.8. The molecule has 1 aromatic heterocycles. The highest BCUT2D eigenvalue weighted by Crippen LogP contribution is 2.28. The molecule has 1 heterocycles. The molecule has 3 nitrogen and oxygen atoms in total. The van der Waals surface area contributed by atoms with Crippen LogP contribution in [-0.4, -0.2) is 14.8 Å². The third-order valence-electron chi connectivity index (χ3n) is 2.35. The molecule has 1 aromatic carbocycles. The second-order valence-electron chi connectivity index (χ2n) is 4.15. The number of hydrogen-bond donors (Lipinski definition) is 0. The second kappa shape index (κ2) is 5.69. The van der Waals surface area contributed by atoms with E-state index in [4.69, 9.17) is 8.84 Å². The summed E-state index contributed by atoms with van der Waals surface area (Å²) in [7, 11) is -0.790. The fourth-order valence-electron chi connectivity index (χ4n) is 1.58. The molecule has 0 saturated carbocycles. The van der Waals surface area contributed by atoms with E-state index in [1.165, 1.54) is 0 Å². The third-order valence-corrected chi connectivity index (χ3v) is 2.97. The smallest absolute Gasteiger partial charge is 0.274 e. The Bertz CT molecular complexity index is 532. The summed E-state index contributed by atoms with van der Waals surface area (Å²) < 4.78 is 11.2. The lowest BCUT2D eigenvalue weighted by Crippen LogP contribution is -2.11. The van der Waals surface area contributed by atoms with Gasteiger partial charge in [-0.25, -0.2) is 4.99 Å². The molecule has 0 bridgehead atoms. The van der Waals surface area contributed by atoms with Crippen molar-refractivity contribution in [2.24, 2.45) is 4.99 Å². The SMILES string of the molecule is CC(=Nc1ccccc1O[Si](C)C)c1ccco1. The normalized spacial score (nSPS) is 11.9. The maximum atomic E-state index is 5.83. The Kier molecular flexibility index (Phi) is 3.99. The molecule has 0 spiro atoms. The van der Waals surface area contributed by atoms with E-state index >= 15 is 0 Å². The van der Waals surface area contributed by atoms with Gasteiger partial charge in [-0.15, -0.1) is 0 Å². The van der Waals surface area contributed by atoms with E-state index in [0.717, 1.165) is 22.9 Å². The number of aliphatic imine (C=N–C) groups is 1. The van der Waals surface area contributed by atoms with E-state index in [2.05, 4.69) is 18.1 Å². The van der Waals surface area contributed by atoms with Crippen molar-refractivity contribution < 1.29 is 8.84 Å². The van der Waals surface area contributed by atoms with Crippen LogP contribution in [0, 0.1) is 0 Å². The van der Waals surface area contributed by atoms with Crippen molar-refractivity contribution in [1.82, 2.24) is 0 Å². The number of benzene rings is 1. The molecule has 0 atom stereocenters. The van der Waals surface area contributed by atoms with Crippen LogP contribution < -0.4 is 4.43 Å². The average Bonchev–Trinajstić information content (AvgIpc) is 2.84. The summed E-state index contributed by atoms with van der Waals surface area (Å²) in [6.45, 7) is 6.13. The number of nitrogens with zero attached hydrogens (tertiary/aromatic N) is 1. The minimum Gasteiger partial charge on any atom is -0.541 e. The molecule has 4 heteroatoms. The van der Waals surface area contributed by atoms with Crippen molar-refractivity contribution in [3.8, 4) is 5.75 Å². The van der Waals surface area contributed by atoms with Gasteiger partial charge in [-0.1, -0.05) is 12.1 Å². The fourth-order valence-corrected chi connectivity index (χ4v) is 2.19. The lowest BCUT2D eigenvalue weighted by Gasteiger charge is -2.10. The Hall–Kier alpha value is -1.81. The van der Waals surface area contributed by atoms with Gasteiger partial charge in [0.2, 0.25) is 0 Å². The minimum absolute atomic E-state index is 0.781. The van der Waals surface area contributed by atoms with E-state index < -0.39 is 9.04 Å². The zero-order valence-electron chi connectivity index (χ0n) is 10.8. The van der Waals surface area contributed by atoms with E-state index in [-0.39, 0.29) is 0 Å². The van der Waals surface area contributed by atoms with Gasteiger partial charge in [0, 0.05) is 0 Å². The Morgan fingerprint density at radius 3 is 2.61 bits per heavy atom. The first-order valence-electron chi connectivity index (χ1n) is 5.83. The first-order valence-corrected chi connectivity index (χ1v) is 8.24. The van der Waals surface area contributed by atoms with E-state index in [9.17, 15) is 0 Å². The monoisotopic (exact) mass is 258 g/mol. The fraction of sp³-hybridized carbons (Fsp3) is 0.214. The van der Waals surface area contributed by atoms with Gasteiger partial charge in [-0.3, -0.25) is 0 Å². The molecule has 0 saturated heterocycles. The van der Waals surface area contributed by atoms with E-state index in [0.29, 0.717) is 0 Å². The summed E-state index contributed by atoms with van der Waals surface area (Å²) in [4.78, 5) is 4.57. The van der Waals surface area contributed by atoms with Crippen LogP contribution in [0.2, 0.25) is 13.1 Å². The maximum Gasteiger partial charge on any atom is 0.274 e. The van der Waals surface area contributed by atoms with Crippen LogP contribution in [0.1, 0.15) is 12.7 Å². The molecule has 2 aromatic rings. The van der Waals surface area contributed by atoms with Crippen LogP contribution in [0.4, 0.5) is 5.69 Å². The van der Waals surface area contributed by atoms with Crippen molar-refractivity contribution in [3.05, 3.63) is 48.4 Å². The molecule has 0 aliphatic rings. The molecule has 93 valence electrons. The lowest BCUT2D eigenvalue weighted by molar-refractivity contribution is 0.557. The van der Waals surface area contributed by atoms with Gasteiger partial charge < -0.3 is 8.84 Å².